The monoisotopic (exact) mass is 317 g/mol. The Balaban J connectivity index is 2.13. The summed E-state index contributed by atoms with van der Waals surface area (Å²) < 4.78 is 7.44. The lowest BCUT2D eigenvalue weighted by molar-refractivity contribution is 0.274. The number of aliphatic hydroxyl groups is 1. The van der Waals surface area contributed by atoms with Gasteiger partial charge in [-0.05, 0) is 25.5 Å². The molecule has 2 aromatic heterocycles. The van der Waals surface area contributed by atoms with E-state index in [2.05, 4.69) is 17.0 Å². The standard InChI is InChI=1S/C16H19N3O2S/c1-3-7-14-18-19-12(10-20)15(17-16(19)22-14)11-8-5-6-9-13(11)21-4-2/h5-6,8-9,20H,3-4,7,10H2,1-2H3. The van der Waals surface area contributed by atoms with E-state index in [-0.39, 0.29) is 6.61 Å². The van der Waals surface area contributed by atoms with E-state index in [9.17, 15) is 5.11 Å². The number of aliphatic hydroxyl groups excluding tert-OH is 1. The highest BCUT2D eigenvalue weighted by Gasteiger charge is 2.19. The van der Waals surface area contributed by atoms with Gasteiger partial charge in [-0.3, -0.25) is 0 Å². The number of aromatic nitrogens is 3. The van der Waals surface area contributed by atoms with Gasteiger partial charge in [0.25, 0.3) is 0 Å². The van der Waals surface area contributed by atoms with Crippen LogP contribution in [0.2, 0.25) is 0 Å². The molecule has 0 unspecified atom stereocenters. The molecule has 0 spiro atoms. The summed E-state index contributed by atoms with van der Waals surface area (Å²) in [5.41, 5.74) is 2.34. The minimum Gasteiger partial charge on any atom is -0.493 e. The zero-order valence-corrected chi connectivity index (χ0v) is 13.6. The van der Waals surface area contributed by atoms with Gasteiger partial charge in [0.1, 0.15) is 16.5 Å². The Morgan fingerprint density at radius 2 is 2.09 bits per heavy atom. The normalized spacial score (nSPS) is 11.2. The Morgan fingerprint density at radius 3 is 2.82 bits per heavy atom. The fourth-order valence-corrected chi connectivity index (χ4v) is 3.46. The number of nitrogens with zero attached hydrogens (tertiary/aromatic N) is 3. The molecule has 6 heteroatoms. The van der Waals surface area contributed by atoms with Crippen LogP contribution in [0.25, 0.3) is 16.2 Å². The maximum atomic E-state index is 9.79. The van der Waals surface area contributed by atoms with Crippen molar-refractivity contribution in [2.75, 3.05) is 6.61 Å². The molecule has 0 atom stereocenters. The predicted molar refractivity (Wildman–Crippen MR) is 87.4 cm³/mol. The van der Waals surface area contributed by atoms with Crippen LogP contribution in [0.4, 0.5) is 0 Å². The molecule has 3 aromatic rings. The summed E-state index contributed by atoms with van der Waals surface area (Å²) in [7, 11) is 0. The Kier molecular flexibility index (Phi) is 4.40. The van der Waals surface area contributed by atoms with Crippen LogP contribution in [0.5, 0.6) is 5.75 Å². The van der Waals surface area contributed by atoms with Gasteiger partial charge in [-0.1, -0.05) is 30.4 Å². The molecule has 0 fully saturated rings. The second kappa shape index (κ2) is 6.46. The minimum absolute atomic E-state index is 0.105. The molecular weight excluding hydrogens is 298 g/mol. The molecule has 0 aliphatic rings. The zero-order valence-electron chi connectivity index (χ0n) is 12.7. The van der Waals surface area contributed by atoms with Gasteiger partial charge in [0.15, 0.2) is 0 Å². The van der Waals surface area contributed by atoms with Crippen LogP contribution in [0.15, 0.2) is 24.3 Å². The largest absolute Gasteiger partial charge is 0.493 e. The molecule has 116 valence electrons. The van der Waals surface area contributed by atoms with Crippen molar-refractivity contribution in [3.8, 4) is 17.0 Å². The highest BCUT2D eigenvalue weighted by atomic mass is 32.1. The first-order valence-electron chi connectivity index (χ1n) is 7.48. The van der Waals surface area contributed by atoms with Gasteiger partial charge in [-0.25, -0.2) is 9.50 Å². The second-order valence-corrected chi connectivity index (χ2v) is 5.98. The molecule has 0 saturated carbocycles. The molecule has 0 radical (unpaired) electrons. The number of fused-ring (bicyclic) bond motifs is 1. The molecular formula is C16H19N3O2S. The van der Waals surface area contributed by atoms with Gasteiger partial charge in [-0.2, -0.15) is 5.10 Å². The van der Waals surface area contributed by atoms with E-state index in [0.717, 1.165) is 39.8 Å². The topological polar surface area (TPSA) is 59.7 Å². The number of para-hydroxylation sites is 1. The van der Waals surface area contributed by atoms with Crippen LogP contribution < -0.4 is 4.74 Å². The van der Waals surface area contributed by atoms with E-state index >= 15 is 0 Å². The van der Waals surface area contributed by atoms with E-state index in [4.69, 9.17) is 4.74 Å². The summed E-state index contributed by atoms with van der Waals surface area (Å²) in [5.74, 6) is 0.777. The molecule has 0 aliphatic heterocycles. The molecule has 22 heavy (non-hydrogen) atoms. The highest BCUT2D eigenvalue weighted by molar-refractivity contribution is 7.16. The molecule has 1 N–H and O–H groups in total. The van der Waals surface area contributed by atoms with Crippen molar-refractivity contribution in [2.45, 2.75) is 33.3 Å². The molecule has 1 aromatic carbocycles. The zero-order chi connectivity index (χ0) is 15.5. The summed E-state index contributed by atoms with van der Waals surface area (Å²) in [4.78, 5) is 5.49. The molecule has 0 saturated heterocycles. The number of ether oxygens (including phenoxy) is 1. The first kappa shape index (κ1) is 15.0. The van der Waals surface area contributed by atoms with Crippen molar-refractivity contribution in [3.05, 3.63) is 35.0 Å². The van der Waals surface area contributed by atoms with Crippen LogP contribution in [0.3, 0.4) is 0 Å². The Bertz CT molecular complexity index is 779. The third-order valence-electron chi connectivity index (χ3n) is 3.39. The van der Waals surface area contributed by atoms with Crippen molar-refractivity contribution in [1.29, 1.82) is 0 Å². The lowest BCUT2D eigenvalue weighted by atomic mass is 10.1. The van der Waals surface area contributed by atoms with Gasteiger partial charge in [0, 0.05) is 12.0 Å². The third-order valence-corrected chi connectivity index (χ3v) is 4.36. The Hall–Kier alpha value is -1.92. The van der Waals surface area contributed by atoms with Crippen molar-refractivity contribution in [2.24, 2.45) is 0 Å². The molecule has 3 rings (SSSR count). The lowest BCUT2D eigenvalue weighted by Gasteiger charge is -2.09. The van der Waals surface area contributed by atoms with E-state index in [1.165, 1.54) is 0 Å². The summed E-state index contributed by atoms with van der Waals surface area (Å²) in [6.45, 7) is 4.56. The fourth-order valence-electron chi connectivity index (χ4n) is 2.45. The second-order valence-electron chi connectivity index (χ2n) is 4.93. The third kappa shape index (κ3) is 2.60. The number of imidazole rings is 1. The van der Waals surface area contributed by atoms with E-state index in [1.54, 1.807) is 15.9 Å². The van der Waals surface area contributed by atoms with Crippen molar-refractivity contribution < 1.29 is 9.84 Å². The SMILES string of the molecule is CCCc1nn2c(CO)c(-c3ccccc3OCC)nc2s1. The van der Waals surface area contributed by atoms with Crippen molar-refractivity contribution >= 4 is 16.3 Å². The van der Waals surface area contributed by atoms with Crippen LogP contribution in [0, 0.1) is 0 Å². The Morgan fingerprint density at radius 1 is 1.27 bits per heavy atom. The molecule has 2 heterocycles. The van der Waals surface area contributed by atoms with Crippen LogP contribution in [-0.4, -0.2) is 26.3 Å². The van der Waals surface area contributed by atoms with Crippen molar-refractivity contribution in [3.63, 3.8) is 0 Å². The molecule has 0 aliphatic carbocycles. The average molecular weight is 317 g/mol. The van der Waals surface area contributed by atoms with Crippen molar-refractivity contribution in [1.82, 2.24) is 14.6 Å². The van der Waals surface area contributed by atoms with Crippen LogP contribution in [-0.2, 0) is 13.0 Å². The van der Waals surface area contributed by atoms with E-state index < -0.39 is 0 Å². The highest BCUT2D eigenvalue weighted by Crippen LogP contribution is 2.33. The van der Waals surface area contributed by atoms with E-state index in [1.807, 2.05) is 31.2 Å². The number of hydrogen-bond donors (Lipinski definition) is 1. The first-order chi connectivity index (χ1) is 10.8. The summed E-state index contributed by atoms with van der Waals surface area (Å²) in [6, 6.07) is 7.76. The smallest absolute Gasteiger partial charge is 0.213 e. The molecule has 0 amide bonds. The summed E-state index contributed by atoms with van der Waals surface area (Å²) in [5, 5.41) is 15.4. The number of benzene rings is 1. The fraction of sp³-hybridized carbons (Fsp3) is 0.375. The van der Waals surface area contributed by atoms with Gasteiger partial charge < -0.3 is 9.84 Å². The van der Waals surface area contributed by atoms with Gasteiger partial charge in [0.2, 0.25) is 4.96 Å². The lowest BCUT2D eigenvalue weighted by Crippen LogP contribution is -1.99. The van der Waals surface area contributed by atoms with Gasteiger partial charge in [0.05, 0.1) is 18.9 Å². The van der Waals surface area contributed by atoms with Gasteiger partial charge in [-0.15, -0.1) is 0 Å². The predicted octanol–water partition coefficient (Wildman–Crippen LogP) is 3.30. The number of hydrogen-bond acceptors (Lipinski definition) is 5. The van der Waals surface area contributed by atoms with Crippen LogP contribution >= 0.6 is 11.3 Å². The van der Waals surface area contributed by atoms with Crippen LogP contribution in [0.1, 0.15) is 31.0 Å². The summed E-state index contributed by atoms with van der Waals surface area (Å²) in [6.07, 6.45) is 1.98. The quantitative estimate of drug-likeness (QED) is 0.758. The summed E-state index contributed by atoms with van der Waals surface area (Å²) >= 11 is 1.57. The number of rotatable bonds is 6. The minimum atomic E-state index is -0.105. The molecule has 0 bridgehead atoms. The molecule has 5 nitrogen and oxygen atoms in total. The average Bonchev–Trinajstić information content (AvgIpc) is 3.05. The maximum absolute atomic E-state index is 9.79. The maximum Gasteiger partial charge on any atom is 0.213 e. The van der Waals surface area contributed by atoms with Gasteiger partial charge >= 0.3 is 0 Å². The van der Waals surface area contributed by atoms with E-state index in [0.29, 0.717) is 12.3 Å². The first-order valence-corrected chi connectivity index (χ1v) is 8.30. The Labute approximate surface area is 133 Å². The number of aryl methyl sites for hydroxylation is 1.